The number of para-hydroxylation sites is 2. The number of rotatable bonds is 1. The molecular weight excluding hydrogens is 292 g/mol. The van der Waals surface area contributed by atoms with Crippen molar-refractivity contribution in [3.8, 4) is 0 Å². The molecule has 0 bridgehead atoms. The summed E-state index contributed by atoms with van der Waals surface area (Å²) in [6.07, 6.45) is 1.36. The minimum absolute atomic E-state index is 0.360. The number of carbonyl (C=O) groups is 2. The number of nitrogens with one attached hydrogen (secondary N) is 1. The van der Waals surface area contributed by atoms with Crippen LogP contribution in [0.1, 0.15) is 5.56 Å². The van der Waals surface area contributed by atoms with Crippen LogP contribution >= 0.6 is 0 Å². The van der Waals surface area contributed by atoms with E-state index in [1.165, 1.54) is 6.08 Å². The fourth-order valence-electron chi connectivity index (χ4n) is 2.73. The van der Waals surface area contributed by atoms with Crippen LogP contribution in [0.25, 0.3) is 27.4 Å². The highest BCUT2D eigenvalue weighted by Crippen LogP contribution is 2.32. The summed E-state index contributed by atoms with van der Waals surface area (Å²) >= 11 is 0. The molecule has 23 heavy (non-hydrogen) atoms. The van der Waals surface area contributed by atoms with E-state index in [4.69, 9.17) is 0 Å². The molecule has 2 aromatic carbocycles. The quantitative estimate of drug-likeness (QED) is 0.271. The molecule has 4 rings (SSSR count). The summed E-state index contributed by atoms with van der Waals surface area (Å²) in [6, 6.07) is 15.3. The SMILES string of the molecule is NN.O=C1C=C(c2c3ccccc3nc3ccccc23)C(=O)N1. The Kier molecular flexibility index (Phi) is 3.84. The number of hydrazine groups is 1. The molecule has 5 N–H and O–H groups in total. The van der Waals surface area contributed by atoms with E-state index in [2.05, 4.69) is 22.0 Å². The van der Waals surface area contributed by atoms with Crippen LogP contribution in [0.2, 0.25) is 0 Å². The number of pyridine rings is 1. The van der Waals surface area contributed by atoms with Crippen LogP contribution in [-0.2, 0) is 9.59 Å². The van der Waals surface area contributed by atoms with E-state index in [0.29, 0.717) is 5.57 Å². The summed E-state index contributed by atoms with van der Waals surface area (Å²) in [6.45, 7) is 0. The van der Waals surface area contributed by atoms with Gasteiger partial charge in [-0.15, -0.1) is 0 Å². The third kappa shape index (κ3) is 2.46. The van der Waals surface area contributed by atoms with Crippen LogP contribution in [-0.4, -0.2) is 16.8 Å². The number of carbonyl (C=O) groups excluding carboxylic acids is 2. The number of nitrogens with two attached hydrogens (primary N) is 2. The van der Waals surface area contributed by atoms with Crippen molar-refractivity contribution in [2.45, 2.75) is 0 Å². The molecule has 3 aromatic rings. The maximum Gasteiger partial charge on any atom is 0.258 e. The minimum atomic E-state index is -0.375. The summed E-state index contributed by atoms with van der Waals surface area (Å²) in [4.78, 5) is 28.1. The fourth-order valence-corrected chi connectivity index (χ4v) is 2.73. The monoisotopic (exact) mass is 306 g/mol. The minimum Gasteiger partial charge on any atom is -0.289 e. The Morgan fingerprint density at radius 3 is 1.83 bits per heavy atom. The number of fused-ring (bicyclic) bond motifs is 2. The summed E-state index contributed by atoms with van der Waals surface area (Å²) in [5, 5.41) is 4.04. The Balaban J connectivity index is 0.000000753. The van der Waals surface area contributed by atoms with E-state index >= 15 is 0 Å². The highest BCUT2D eigenvalue weighted by molar-refractivity contribution is 6.37. The molecular formula is C17H14N4O2. The highest BCUT2D eigenvalue weighted by Gasteiger charge is 2.25. The predicted octanol–water partition coefficient (Wildman–Crippen LogP) is 1.25. The molecule has 0 saturated heterocycles. The Bertz CT molecular complexity index is 909. The second-order valence-electron chi connectivity index (χ2n) is 4.90. The Morgan fingerprint density at radius 1 is 0.826 bits per heavy atom. The Morgan fingerprint density at radius 2 is 1.35 bits per heavy atom. The first-order chi connectivity index (χ1) is 11.2. The van der Waals surface area contributed by atoms with Crippen LogP contribution in [0.4, 0.5) is 0 Å². The summed E-state index contributed by atoms with van der Waals surface area (Å²) < 4.78 is 0. The third-order valence-electron chi connectivity index (χ3n) is 3.61. The zero-order valence-electron chi connectivity index (χ0n) is 12.1. The number of aromatic nitrogens is 1. The highest BCUT2D eigenvalue weighted by atomic mass is 16.2. The second kappa shape index (κ2) is 5.96. The zero-order chi connectivity index (χ0) is 16.4. The number of amides is 2. The molecule has 2 amide bonds. The molecule has 1 aliphatic heterocycles. The Hall–Kier alpha value is -3.09. The van der Waals surface area contributed by atoms with Gasteiger partial charge >= 0.3 is 0 Å². The van der Waals surface area contributed by atoms with Gasteiger partial charge in [0, 0.05) is 22.4 Å². The third-order valence-corrected chi connectivity index (χ3v) is 3.61. The lowest BCUT2D eigenvalue weighted by atomic mass is 9.96. The molecule has 114 valence electrons. The molecule has 1 aliphatic rings. The van der Waals surface area contributed by atoms with Crippen LogP contribution in [0.15, 0.2) is 54.6 Å². The van der Waals surface area contributed by atoms with Crippen molar-refractivity contribution in [1.29, 1.82) is 0 Å². The lowest BCUT2D eigenvalue weighted by Crippen LogP contribution is -2.21. The molecule has 0 aliphatic carbocycles. The first kappa shape index (κ1) is 14.8. The van der Waals surface area contributed by atoms with E-state index in [9.17, 15) is 9.59 Å². The molecule has 6 nitrogen and oxygen atoms in total. The van der Waals surface area contributed by atoms with Gasteiger partial charge in [0.1, 0.15) is 0 Å². The predicted molar refractivity (Wildman–Crippen MR) is 88.8 cm³/mol. The number of hydrogen-bond donors (Lipinski definition) is 3. The van der Waals surface area contributed by atoms with E-state index in [1.54, 1.807) is 0 Å². The van der Waals surface area contributed by atoms with Crippen LogP contribution in [0.3, 0.4) is 0 Å². The molecule has 2 heterocycles. The van der Waals surface area contributed by atoms with Crippen molar-refractivity contribution < 1.29 is 9.59 Å². The maximum atomic E-state index is 12.1. The number of imide groups is 1. The number of hydrogen-bond acceptors (Lipinski definition) is 5. The lowest BCUT2D eigenvalue weighted by Gasteiger charge is -2.10. The molecule has 6 heteroatoms. The van der Waals surface area contributed by atoms with Crippen molar-refractivity contribution in [2.24, 2.45) is 11.7 Å². The Labute approximate surface area is 131 Å². The van der Waals surface area contributed by atoms with Gasteiger partial charge in [-0.1, -0.05) is 36.4 Å². The van der Waals surface area contributed by atoms with Gasteiger partial charge in [0.15, 0.2) is 0 Å². The normalized spacial score (nSPS) is 13.6. The van der Waals surface area contributed by atoms with Crippen LogP contribution < -0.4 is 17.0 Å². The molecule has 1 aromatic heterocycles. The molecule has 0 unspecified atom stereocenters. The summed E-state index contributed by atoms with van der Waals surface area (Å²) in [5.74, 6) is 7.27. The molecule has 0 fully saturated rings. The van der Waals surface area contributed by atoms with Crippen molar-refractivity contribution in [1.82, 2.24) is 10.3 Å². The average molecular weight is 306 g/mol. The van der Waals surface area contributed by atoms with Crippen molar-refractivity contribution in [3.63, 3.8) is 0 Å². The summed E-state index contributed by atoms with van der Waals surface area (Å²) in [5.41, 5.74) is 2.77. The van der Waals surface area contributed by atoms with E-state index in [1.807, 2.05) is 48.5 Å². The zero-order valence-corrected chi connectivity index (χ0v) is 12.1. The van der Waals surface area contributed by atoms with Crippen LogP contribution in [0, 0.1) is 0 Å². The molecule has 0 saturated carbocycles. The van der Waals surface area contributed by atoms with Crippen molar-refractivity contribution in [3.05, 3.63) is 60.2 Å². The average Bonchev–Trinajstić information content (AvgIpc) is 2.92. The first-order valence-corrected chi connectivity index (χ1v) is 6.92. The van der Waals surface area contributed by atoms with Gasteiger partial charge in [-0.25, -0.2) is 4.98 Å². The van der Waals surface area contributed by atoms with Gasteiger partial charge in [-0.2, -0.15) is 0 Å². The van der Waals surface area contributed by atoms with Gasteiger partial charge in [-0.05, 0) is 12.1 Å². The second-order valence-corrected chi connectivity index (χ2v) is 4.90. The topological polar surface area (TPSA) is 111 Å². The van der Waals surface area contributed by atoms with Gasteiger partial charge < -0.3 is 0 Å². The molecule has 0 spiro atoms. The van der Waals surface area contributed by atoms with Crippen LogP contribution in [0.5, 0.6) is 0 Å². The lowest BCUT2D eigenvalue weighted by molar-refractivity contribution is -0.123. The van der Waals surface area contributed by atoms with Gasteiger partial charge in [0.2, 0.25) is 0 Å². The first-order valence-electron chi connectivity index (χ1n) is 6.92. The van der Waals surface area contributed by atoms with Crippen molar-refractivity contribution in [2.75, 3.05) is 0 Å². The largest absolute Gasteiger partial charge is 0.289 e. The number of benzene rings is 2. The van der Waals surface area contributed by atoms with Gasteiger partial charge in [0.05, 0.1) is 16.6 Å². The van der Waals surface area contributed by atoms with Gasteiger partial charge in [0.25, 0.3) is 11.8 Å². The maximum absolute atomic E-state index is 12.1. The number of nitrogens with zero attached hydrogens (tertiary/aromatic N) is 1. The van der Waals surface area contributed by atoms with Gasteiger partial charge in [-0.3, -0.25) is 26.6 Å². The van der Waals surface area contributed by atoms with E-state index in [0.717, 1.165) is 27.4 Å². The smallest absolute Gasteiger partial charge is 0.258 e. The summed E-state index contributed by atoms with van der Waals surface area (Å²) in [7, 11) is 0. The van der Waals surface area contributed by atoms with E-state index < -0.39 is 0 Å². The van der Waals surface area contributed by atoms with Crippen molar-refractivity contribution >= 4 is 39.2 Å². The molecule has 0 atom stereocenters. The fraction of sp³-hybridized carbons (Fsp3) is 0. The molecule has 0 radical (unpaired) electrons. The standard InChI is InChI=1S/C17H10N2O2.H4N2/c20-15-9-12(17(21)19-15)16-10-5-1-3-7-13(10)18-14-8-4-2-6-11(14)16;1-2/h1-9H,(H,19,20,21);1-2H2. The van der Waals surface area contributed by atoms with E-state index in [-0.39, 0.29) is 11.8 Å².